The van der Waals surface area contributed by atoms with E-state index in [-0.39, 0.29) is 0 Å². The van der Waals surface area contributed by atoms with E-state index in [1.807, 2.05) is 73.1 Å². The van der Waals surface area contributed by atoms with Gasteiger partial charge in [-0.2, -0.15) is 0 Å². The average Bonchev–Trinajstić information content (AvgIpc) is 3.11. The molecule has 5 aromatic carbocycles. The first-order chi connectivity index (χ1) is 22.2. The van der Waals surface area contributed by atoms with E-state index < -0.39 is 0 Å². The third-order valence-electron chi connectivity index (χ3n) is 8.08. The number of aromatic nitrogens is 5. The number of rotatable bonds is 5. The van der Waals surface area contributed by atoms with Crippen LogP contribution in [0.2, 0.25) is 0 Å². The maximum Gasteiger partial charge on any atom is 0.164 e. The molecule has 0 aliphatic rings. The van der Waals surface area contributed by atoms with Gasteiger partial charge in [-0.25, -0.2) is 15.0 Å². The number of aryl methyl sites for hydroxylation is 1. The number of pyridine rings is 2. The largest absolute Gasteiger partial charge is 0.256 e. The Hall–Kier alpha value is -6.07. The smallest absolute Gasteiger partial charge is 0.164 e. The topological polar surface area (TPSA) is 64.5 Å². The molecule has 3 heterocycles. The minimum atomic E-state index is 0.603. The molecular weight excluding hydrogens is 550 g/mol. The molecule has 0 saturated heterocycles. The van der Waals surface area contributed by atoms with Crippen molar-refractivity contribution >= 4 is 21.5 Å². The van der Waals surface area contributed by atoms with E-state index in [9.17, 15) is 0 Å². The molecule has 0 spiro atoms. The van der Waals surface area contributed by atoms with Crippen LogP contribution in [0.3, 0.4) is 0 Å². The van der Waals surface area contributed by atoms with Gasteiger partial charge in [0.05, 0.1) is 11.4 Å². The van der Waals surface area contributed by atoms with Crippen molar-refractivity contribution < 1.29 is 0 Å². The molecule has 0 aliphatic heterocycles. The Kier molecular flexibility index (Phi) is 6.61. The lowest BCUT2D eigenvalue weighted by Gasteiger charge is -2.11. The summed E-state index contributed by atoms with van der Waals surface area (Å²) in [4.78, 5) is 24.5. The zero-order valence-electron chi connectivity index (χ0n) is 24.6. The molecule has 0 aliphatic carbocycles. The highest BCUT2D eigenvalue weighted by atomic mass is 15.0. The molecule has 0 fully saturated rings. The second kappa shape index (κ2) is 11.2. The molecule has 5 nitrogen and oxygen atoms in total. The summed E-state index contributed by atoms with van der Waals surface area (Å²) in [6, 6.07) is 45.6. The third kappa shape index (κ3) is 5.11. The van der Waals surface area contributed by atoms with Gasteiger partial charge in [-0.3, -0.25) is 9.97 Å². The van der Waals surface area contributed by atoms with Gasteiger partial charge in [-0.15, -0.1) is 0 Å². The third-order valence-corrected chi connectivity index (χ3v) is 8.08. The Balaban J connectivity index is 1.28. The summed E-state index contributed by atoms with van der Waals surface area (Å²) < 4.78 is 0. The van der Waals surface area contributed by atoms with Crippen molar-refractivity contribution in [3.05, 3.63) is 151 Å². The number of fused-ring (bicyclic) bond motifs is 2. The maximum atomic E-state index is 5.05. The Morgan fingerprint density at radius 2 is 0.822 bits per heavy atom. The van der Waals surface area contributed by atoms with Crippen LogP contribution in [0, 0.1) is 6.92 Å². The first-order valence-corrected chi connectivity index (χ1v) is 14.9. The van der Waals surface area contributed by atoms with Crippen LogP contribution in [0.25, 0.3) is 78.2 Å². The number of nitrogens with zero attached hydrogens (tertiary/aromatic N) is 5. The Labute approximate surface area is 261 Å². The van der Waals surface area contributed by atoms with Crippen LogP contribution in [0.4, 0.5) is 0 Å². The van der Waals surface area contributed by atoms with Crippen LogP contribution < -0.4 is 0 Å². The molecule has 45 heavy (non-hydrogen) atoms. The molecule has 0 radical (unpaired) electrons. The maximum absolute atomic E-state index is 5.05. The highest BCUT2D eigenvalue weighted by Crippen LogP contribution is 2.33. The zero-order chi connectivity index (χ0) is 30.2. The first-order valence-electron chi connectivity index (χ1n) is 14.9. The van der Waals surface area contributed by atoms with Crippen LogP contribution in [-0.2, 0) is 0 Å². The van der Waals surface area contributed by atoms with E-state index in [1.165, 1.54) is 5.56 Å². The molecule has 0 saturated carbocycles. The molecule has 212 valence electrons. The molecule has 8 aromatic rings. The standard InChI is InChI=1S/C40H27N5/c1-26-16-18-29(19-17-26)38-43-39(32-12-6-10-30(24-32)36-34-14-4-2-8-27(34)20-22-41-36)45-40(44-38)33-13-7-11-31(25-33)37-35-15-5-3-9-28(35)21-23-42-37/h2-25H,1H3. The number of hydrogen-bond donors (Lipinski definition) is 0. The van der Waals surface area contributed by atoms with Gasteiger partial charge in [-0.1, -0.05) is 115 Å². The average molecular weight is 578 g/mol. The van der Waals surface area contributed by atoms with Crippen LogP contribution in [-0.4, -0.2) is 24.9 Å². The minimum absolute atomic E-state index is 0.603. The zero-order valence-corrected chi connectivity index (χ0v) is 24.6. The number of hydrogen-bond acceptors (Lipinski definition) is 5. The lowest BCUT2D eigenvalue weighted by molar-refractivity contribution is 1.07. The van der Waals surface area contributed by atoms with Crippen molar-refractivity contribution in [1.29, 1.82) is 0 Å². The SMILES string of the molecule is Cc1ccc(-c2nc(-c3cccc(-c4nccc5ccccc45)c3)nc(-c3cccc(-c4nccc5ccccc45)c3)n2)cc1. The van der Waals surface area contributed by atoms with Gasteiger partial charge in [0.15, 0.2) is 17.5 Å². The molecular formula is C40H27N5. The second-order valence-electron chi connectivity index (χ2n) is 11.1. The van der Waals surface area contributed by atoms with E-state index in [0.717, 1.165) is 60.8 Å². The second-order valence-corrected chi connectivity index (χ2v) is 11.1. The fraction of sp³-hybridized carbons (Fsp3) is 0.0250. The predicted molar refractivity (Wildman–Crippen MR) is 182 cm³/mol. The molecule has 0 amide bonds. The predicted octanol–water partition coefficient (Wildman–Crippen LogP) is 9.61. The van der Waals surface area contributed by atoms with Gasteiger partial charge < -0.3 is 0 Å². The van der Waals surface area contributed by atoms with Gasteiger partial charge in [0.2, 0.25) is 0 Å². The van der Waals surface area contributed by atoms with Crippen molar-refractivity contribution in [2.45, 2.75) is 6.92 Å². The first kappa shape index (κ1) is 26.5. The summed E-state index contributed by atoms with van der Waals surface area (Å²) in [6.45, 7) is 2.08. The Morgan fingerprint density at radius 1 is 0.378 bits per heavy atom. The summed E-state index contributed by atoms with van der Waals surface area (Å²) >= 11 is 0. The van der Waals surface area contributed by atoms with E-state index >= 15 is 0 Å². The monoisotopic (exact) mass is 577 g/mol. The van der Waals surface area contributed by atoms with Crippen molar-refractivity contribution in [2.24, 2.45) is 0 Å². The summed E-state index contributed by atoms with van der Waals surface area (Å²) in [5.74, 6) is 1.83. The van der Waals surface area contributed by atoms with E-state index in [2.05, 4.69) is 79.7 Å². The van der Waals surface area contributed by atoms with Gasteiger partial charge in [0, 0.05) is 51.0 Å². The minimum Gasteiger partial charge on any atom is -0.256 e. The normalized spacial score (nSPS) is 11.2. The molecule has 0 N–H and O–H groups in total. The van der Waals surface area contributed by atoms with E-state index in [4.69, 9.17) is 24.9 Å². The van der Waals surface area contributed by atoms with Crippen molar-refractivity contribution in [3.8, 4) is 56.7 Å². The quantitative estimate of drug-likeness (QED) is 0.204. The number of benzene rings is 5. The molecule has 0 atom stereocenters. The summed E-state index contributed by atoms with van der Waals surface area (Å²) in [6.07, 6.45) is 3.72. The van der Waals surface area contributed by atoms with Gasteiger partial charge in [0.1, 0.15) is 0 Å². The van der Waals surface area contributed by atoms with Crippen LogP contribution >= 0.6 is 0 Å². The van der Waals surface area contributed by atoms with Crippen LogP contribution in [0.1, 0.15) is 5.56 Å². The van der Waals surface area contributed by atoms with Gasteiger partial charge in [-0.05, 0) is 42.0 Å². The summed E-state index contributed by atoms with van der Waals surface area (Å²) in [5, 5.41) is 4.51. The fourth-order valence-electron chi connectivity index (χ4n) is 5.78. The molecule has 5 heteroatoms. The molecule has 0 bridgehead atoms. The highest BCUT2D eigenvalue weighted by Gasteiger charge is 2.15. The van der Waals surface area contributed by atoms with Crippen molar-refractivity contribution in [1.82, 2.24) is 24.9 Å². The lowest BCUT2D eigenvalue weighted by Crippen LogP contribution is -2.00. The molecule has 0 unspecified atom stereocenters. The van der Waals surface area contributed by atoms with Gasteiger partial charge >= 0.3 is 0 Å². The van der Waals surface area contributed by atoms with E-state index in [0.29, 0.717) is 17.5 Å². The van der Waals surface area contributed by atoms with E-state index in [1.54, 1.807) is 0 Å². The van der Waals surface area contributed by atoms with Gasteiger partial charge in [0.25, 0.3) is 0 Å². The van der Waals surface area contributed by atoms with Crippen molar-refractivity contribution in [2.75, 3.05) is 0 Å². The molecule has 8 rings (SSSR count). The van der Waals surface area contributed by atoms with Crippen LogP contribution in [0.15, 0.2) is 146 Å². The lowest BCUT2D eigenvalue weighted by atomic mass is 10.0. The van der Waals surface area contributed by atoms with Crippen LogP contribution in [0.5, 0.6) is 0 Å². The Morgan fingerprint density at radius 3 is 1.33 bits per heavy atom. The van der Waals surface area contributed by atoms with Crippen molar-refractivity contribution in [3.63, 3.8) is 0 Å². The highest BCUT2D eigenvalue weighted by molar-refractivity contribution is 5.96. The fourth-order valence-corrected chi connectivity index (χ4v) is 5.78. The molecule has 3 aromatic heterocycles. The Bertz CT molecular complexity index is 2190. The summed E-state index contributed by atoms with van der Waals surface area (Å²) in [5.41, 5.74) is 7.77. The summed E-state index contributed by atoms with van der Waals surface area (Å²) in [7, 11) is 0.